The Kier molecular flexibility index (Phi) is 7.76. The van der Waals surface area contributed by atoms with Gasteiger partial charge in [-0.3, -0.25) is 0 Å². The highest BCUT2D eigenvalue weighted by molar-refractivity contribution is 5.27. The fourth-order valence-electron chi connectivity index (χ4n) is 2.05. The SMILES string of the molecule is CCCNC(C)CCc1ccc(OCCC(C)(C)O)cc1. The van der Waals surface area contributed by atoms with E-state index in [1.165, 1.54) is 12.0 Å². The van der Waals surface area contributed by atoms with Crippen LogP contribution >= 0.6 is 0 Å². The molecule has 1 rings (SSSR count). The van der Waals surface area contributed by atoms with Crippen molar-refractivity contribution in [2.24, 2.45) is 0 Å². The van der Waals surface area contributed by atoms with Crippen LogP contribution in [0.25, 0.3) is 0 Å². The first-order chi connectivity index (χ1) is 9.90. The summed E-state index contributed by atoms with van der Waals surface area (Å²) >= 11 is 0. The molecule has 3 heteroatoms. The zero-order valence-electron chi connectivity index (χ0n) is 14.0. The lowest BCUT2D eigenvalue weighted by molar-refractivity contribution is 0.0553. The second-order valence-electron chi connectivity index (χ2n) is 6.45. The van der Waals surface area contributed by atoms with Crippen molar-refractivity contribution in [2.75, 3.05) is 13.2 Å². The summed E-state index contributed by atoms with van der Waals surface area (Å²) in [5, 5.41) is 13.1. The molecule has 1 aromatic rings. The first-order valence-electron chi connectivity index (χ1n) is 8.08. The minimum absolute atomic E-state index is 0.542. The normalized spacial score (nSPS) is 13.2. The maximum atomic E-state index is 9.64. The van der Waals surface area contributed by atoms with Crippen molar-refractivity contribution >= 4 is 0 Å². The van der Waals surface area contributed by atoms with E-state index in [-0.39, 0.29) is 0 Å². The molecule has 0 bridgehead atoms. The molecule has 0 aliphatic rings. The van der Waals surface area contributed by atoms with Crippen molar-refractivity contribution in [3.63, 3.8) is 0 Å². The van der Waals surface area contributed by atoms with Crippen LogP contribution in [0.5, 0.6) is 5.75 Å². The molecular formula is C18H31NO2. The molecule has 120 valence electrons. The lowest BCUT2D eigenvalue weighted by Crippen LogP contribution is -2.27. The van der Waals surface area contributed by atoms with Crippen LogP contribution in [0.4, 0.5) is 0 Å². The van der Waals surface area contributed by atoms with Crippen LogP contribution in [0, 0.1) is 0 Å². The average Bonchev–Trinajstić information content (AvgIpc) is 2.43. The molecule has 21 heavy (non-hydrogen) atoms. The van der Waals surface area contributed by atoms with Crippen molar-refractivity contribution in [2.45, 2.75) is 65.0 Å². The number of hydrogen-bond donors (Lipinski definition) is 2. The molecule has 0 fully saturated rings. The van der Waals surface area contributed by atoms with E-state index in [1.54, 1.807) is 13.8 Å². The van der Waals surface area contributed by atoms with E-state index in [2.05, 4.69) is 31.3 Å². The zero-order valence-corrected chi connectivity index (χ0v) is 14.0. The number of hydrogen-bond acceptors (Lipinski definition) is 3. The van der Waals surface area contributed by atoms with Gasteiger partial charge in [0.2, 0.25) is 0 Å². The first-order valence-corrected chi connectivity index (χ1v) is 8.08. The molecule has 2 N–H and O–H groups in total. The van der Waals surface area contributed by atoms with Crippen LogP contribution in [0.2, 0.25) is 0 Å². The lowest BCUT2D eigenvalue weighted by atomic mass is 10.1. The minimum atomic E-state index is -0.665. The van der Waals surface area contributed by atoms with Crippen LogP contribution in [-0.4, -0.2) is 29.9 Å². The standard InChI is InChI=1S/C18H31NO2/c1-5-13-19-15(2)6-7-16-8-10-17(11-9-16)21-14-12-18(3,4)20/h8-11,15,19-20H,5-7,12-14H2,1-4H3. The summed E-state index contributed by atoms with van der Waals surface area (Å²) in [6.07, 6.45) is 4.05. The second-order valence-corrected chi connectivity index (χ2v) is 6.45. The van der Waals surface area contributed by atoms with Gasteiger partial charge in [0.25, 0.3) is 0 Å². The van der Waals surface area contributed by atoms with E-state index < -0.39 is 5.60 Å². The van der Waals surface area contributed by atoms with Gasteiger partial charge in [0.1, 0.15) is 5.75 Å². The van der Waals surface area contributed by atoms with Gasteiger partial charge in [-0.05, 0) is 64.3 Å². The number of rotatable bonds is 10. The molecule has 0 radical (unpaired) electrons. The number of aryl methyl sites for hydroxylation is 1. The van der Waals surface area contributed by atoms with Crippen LogP contribution in [0.15, 0.2) is 24.3 Å². The summed E-state index contributed by atoms with van der Waals surface area (Å²) in [4.78, 5) is 0. The third kappa shape index (κ3) is 8.74. The van der Waals surface area contributed by atoms with Gasteiger partial charge in [-0.2, -0.15) is 0 Å². The van der Waals surface area contributed by atoms with E-state index in [0.717, 1.165) is 25.1 Å². The van der Waals surface area contributed by atoms with Crippen molar-refractivity contribution in [3.8, 4) is 5.75 Å². The Morgan fingerprint density at radius 1 is 1.24 bits per heavy atom. The Bertz CT molecular complexity index is 381. The molecule has 0 spiro atoms. The Morgan fingerprint density at radius 2 is 1.90 bits per heavy atom. The summed E-state index contributed by atoms with van der Waals surface area (Å²) in [7, 11) is 0. The number of aliphatic hydroxyl groups is 1. The molecule has 3 nitrogen and oxygen atoms in total. The fraction of sp³-hybridized carbons (Fsp3) is 0.667. The zero-order chi connectivity index (χ0) is 15.7. The molecule has 1 unspecified atom stereocenters. The highest BCUT2D eigenvalue weighted by Gasteiger charge is 2.12. The van der Waals surface area contributed by atoms with Gasteiger partial charge >= 0.3 is 0 Å². The van der Waals surface area contributed by atoms with Crippen molar-refractivity contribution in [1.29, 1.82) is 0 Å². The van der Waals surface area contributed by atoms with E-state index in [1.807, 2.05) is 12.1 Å². The second kappa shape index (κ2) is 9.06. The monoisotopic (exact) mass is 293 g/mol. The largest absolute Gasteiger partial charge is 0.493 e. The highest BCUT2D eigenvalue weighted by atomic mass is 16.5. The summed E-state index contributed by atoms with van der Waals surface area (Å²) in [6, 6.07) is 8.86. The summed E-state index contributed by atoms with van der Waals surface area (Å²) in [5.74, 6) is 0.875. The number of ether oxygens (including phenoxy) is 1. The lowest BCUT2D eigenvalue weighted by Gasteiger charge is -2.17. The van der Waals surface area contributed by atoms with Crippen LogP contribution in [-0.2, 0) is 6.42 Å². The fourth-order valence-corrected chi connectivity index (χ4v) is 2.05. The first kappa shape index (κ1) is 18.0. The number of nitrogens with one attached hydrogen (secondary N) is 1. The molecule has 1 aromatic carbocycles. The summed E-state index contributed by atoms with van der Waals surface area (Å²) in [5.41, 5.74) is 0.677. The Hall–Kier alpha value is -1.06. The highest BCUT2D eigenvalue weighted by Crippen LogP contribution is 2.15. The molecule has 1 atom stereocenters. The Labute approximate surface area is 129 Å². The Morgan fingerprint density at radius 3 is 2.48 bits per heavy atom. The molecule has 0 heterocycles. The summed E-state index contributed by atoms with van der Waals surface area (Å²) < 4.78 is 5.64. The van der Waals surface area contributed by atoms with Gasteiger partial charge in [0, 0.05) is 12.5 Å². The molecule has 0 saturated carbocycles. The molecule has 0 aromatic heterocycles. The quantitative estimate of drug-likeness (QED) is 0.693. The maximum absolute atomic E-state index is 9.64. The van der Waals surface area contributed by atoms with Crippen molar-refractivity contribution in [3.05, 3.63) is 29.8 Å². The third-order valence-corrected chi connectivity index (χ3v) is 3.51. The van der Waals surface area contributed by atoms with Crippen molar-refractivity contribution < 1.29 is 9.84 Å². The van der Waals surface area contributed by atoms with E-state index in [4.69, 9.17) is 4.74 Å². The molecule has 0 aliphatic heterocycles. The van der Waals surface area contributed by atoms with E-state index >= 15 is 0 Å². The summed E-state index contributed by atoms with van der Waals surface area (Å²) in [6.45, 7) is 9.66. The smallest absolute Gasteiger partial charge is 0.119 e. The third-order valence-electron chi connectivity index (χ3n) is 3.51. The molecule has 0 saturated heterocycles. The number of benzene rings is 1. The van der Waals surface area contributed by atoms with Gasteiger partial charge in [-0.1, -0.05) is 19.1 Å². The topological polar surface area (TPSA) is 41.5 Å². The van der Waals surface area contributed by atoms with Gasteiger partial charge in [0.05, 0.1) is 12.2 Å². The predicted octanol–water partition coefficient (Wildman–Crippen LogP) is 3.55. The van der Waals surface area contributed by atoms with E-state index in [0.29, 0.717) is 19.1 Å². The molecular weight excluding hydrogens is 262 g/mol. The minimum Gasteiger partial charge on any atom is -0.493 e. The maximum Gasteiger partial charge on any atom is 0.119 e. The average molecular weight is 293 g/mol. The predicted molar refractivity (Wildman–Crippen MR) is 88.9 cm³/mol. The van der Waals surface area contributed by atoms with Gasteiger partial charge < -0.3 is 15.2 Å². The van der Waals surface area contributed by atoms with Gasteiger partial charge in [-0.15, -0.1) is 0 Å². The van der Waals surface area contributed by atoms with Crippen LogP contribution in [0.1, 0.15) is 52.5 Å². The van der Waals surface area contributed by atoms with Gasteiger partial charge in [-0.25, -0.2) is 0 Å². The van der Waals surface area contributed by atoms with Gasteiger partial charge in [0.15, 0.2) is 0 Å². The van der Waals surface area contributed by atoms with Crippen LogP contribution in [0.3, 0.4) is 0 Å². The Balaban J connectivity index is 2.30. The molecule has 0 amide bonds. The molecule has 0 aliphatic carbocycles. The van der Waals surface area contributed by atoms with Crippen molar-refractivity contribution in [1.82, 2.24) is 5.32 Å². The van der Waals surface area contributed by atoms with E-state index in [9.17, 15) is 5.11 Å². The van der Waals surface area contributed by atoms with Crippen LogP contribution < -0.4 is 10.1 Å².